The number of hydrogen-bond donors (Lipinski definition) is 0. The molecule has 5 heteroatoms. The average molecular weight is 149 g/mol. The maximum absolute atomic E-state index is 10.9. The zero-order chi connectivity index (χ0) is 7.84. The van der Waals surface area contributed by atoms with E-state index in [2.05, 4.69) is 10.1 Å². The summed E-state index contributed by atoms with van der Waals surface area (Å²) in [5.41, 5.74) is 0.294. The van der Waals surface area contributed by atoms with Crippen molar-refractivity contribution in [3.8, 4) is 11.8 Å². The molecular weight excluding hydrogens is 146 g/mol. The van der Waals surface area contributed by atoms with Crippen molar-refractivity contribution in [2.24, 2.45) is 0 Å². The molecule has 2 aromatic rings. The van der Waals surface area contributed by atoms with Crippen LogP contribution in [0, 0.1) is 0 Å². The highest BCUT2D eigenvalue weighted by Crippen LogP contribution is 2.11. The molecule has 0 radical (unpaired) electrons. The highest BCUT2D eigenvalue weighted by Gasteiger charge is 1.92. The van der Waals surface area contributed by atoms with Crippen molar-refractivity contribution in [1.29, 1.82) is 0 Å². The monoisotopic (exact) mass is 149 g/mol. The van der Waals surface area contributed by atoms with Gasteiger partial charge in [0.25, 0.3) is 0 Å². The molecule has 0 spiro atoms. The highest BCUT2D eigenvalue weighted by atomic mass is 16.3. The SMILES string of the molecule is [O-]c1cc([O-])n2nccc2n1. The normalized spacial score (nSPS) is 10.5. The third-order valence-electron chi connectivity index (χ3n) is 1.30. The largest absolute Gasteiger partial charge is 0.859 e. The van der Waals surface area contributed by atoms with Crippen LogP contribution in [0.1, 0.15) is 0 Å². The number of rotatable bonds is 0. The Bertz CT molecular complexity index is 396. The van der Waals surface area contributed by atoms with E-state index in [1.807, 2.05) is 0 Å². The van der Waals surface area contributed by atoms with Crippen molar-refractivity contribution in [2.45, 2.75) is 0 Å². The van der Waals surface area contributed by atoms with E-state index in [0.29, 0.717) is 5.65 Å². The lowest BCUT2D eigenvalue weighted by molar-refractivity contribution is -0.289. The summed E-state index contributed by atoms with van der Waals surface area (Å²) in [7, 11) is 0. The lowest BCUT2D eigenvalue weighted by Gasteiger charge is -2.11. The van der Waals surface area contributed by atoms with Crippen molar-refractivity contribution in [2.75, 3.05) is 0 Å². The Kier molecular flexibility index (Phi) is 1.00. The topological polar surface area (TPSA) is 76.3 Å². The van der Waals surface area contributed by atoms with Gasteiger partial charge in [0.05, 0.1) is 6.20 Å². The van der Waals surface area contributed by atoms with Gasteiger partial charge in [-0.05, 0) is 17.8 Å². The summed E-state index contributed by atoms with van der Waals surface area (Å²) in [6.45, 7) is 0. The zero-order valence-electron chi connectivity index (χ0n) is 5.39. The van der Waals surface area contributed by atoms with Crippen molar-refractivity contribution in [3.05, 3.63) is 18.3 Å². The Morgan fingerprint density at radius 3 is 3.00 bits per heavy atom. The molecule has 0 aliphatic carbocycles. The molecule has 0 aromatic carbocycles. The van der Waals surface area contributed by atoms with Gasteiger partial charge in [0.2, 0.25) is 0 Å². The zero-order valence-corrected chi connectivity index (χ0v) is 5.39. The summed E-state index contributed by atoms with van der Waals surface area (Å²) in [6, 6.07) is 2.41. The van der Waals surface area contributed by atoms with E-state index in [0.717, 1.165) is 10.6 Å². The fraction of sp³-hybridized carbons (Fsp3) is 0. The van der Waals surface area contributed by atoms with E-state index in [1.54, 1.807) is 0 Å². The molecule has 11 heavy (non-hydrogen) atoms. The summed E-state index contributed by atoms with van der Waals surface area (Å²) < 4.78 is 1.07. The van der Waals surface area contributed by atoms with Gasteiger partial charge < -0.3 is 10.2 Å². The number of hydrogen-bond acceptors (Lipinski definition) is 4. The summed E-state index contributed by atoms with van der Waals surface area (Å²) in [4.78, 5) is 3.54. The minimum atomic E-state index is -0.525. The summed E-state index contributed by atoms with van der Waals surface area (Å²) in [5, 5.41) is 25.2. The molecule has 0 unspecified atom stereocenters. The number of nitrogens with zero attached hydrogens (tertiary/aromatic N) is 3. The molecule has 0 N–H and O–H groups in total. The first-order valence-corrected chi connectivity index (χ1v) is 2.96. The summed E-state index contributed by atoms with van der Waals surface area (Å²) in [6.07, 6.45) is 1.42. The van der Waals surface area contributed by atoms with Crippen LogP contribution in [0.3, 0.4) is 0 Å². The van der Waals surface area contributed by atoms with Crippen LogP contribution in [0.5, 0.6) is 11.8 Å². The molecule has 0 saturated heterocycles. The third kappa shape index (κ3) is 0.778. The molecule has 0 aliphatic heterocycles. The fourth-order valence-corrected chi connectivity index (χ4v) is 0.863. The first-order valence-electron chi connectivity index (χ1n) is 2.96. The van der Waals surface area contributed by atoms with Crippen molar-refractivity contribution in [3.63, 3.8) is 0 Å². The average Bonchev–Trinajstić information content (AvgIpc) is 2.34. The van der Waals surface area contributed by atoms with Crippen LogP contribution in [0.15, 0.2) is 18.3 Å². The van der Waals surface area contributed by atoms with Crippen LogP contribution in [0.4, 0.5) is 0 Å². The molecular formula is C6H3N3O2-2. The van der Waals surface area contributed by atoms with Crippen molar-refractivity contribution >= 4 is 5.65 Å². The predicted molar refractivity (Wildman–Crippen MR) is 31.9 cm³/mol. The van der Waals surface area contributed by atoms with Crippen molar-refractivity contribution in [1.82, 2.24) is 14.6 Å². The Morgan fingerprint density at radius 2 is 2.18 bits per heavy atom. The van der Waals surface area contributed by atoms with Gasteiger partial charge in [-0.1, -0.05) is 0 Å². The van der Waals surface area contributed by atoms with Crippen LogP contribution in [-0.2, 0) is 0 Å². The molecule has 0 atom stereocenters. The molecule has 0 bridgehead atoms. The summed E-state index contributed by atoms with van der Waals surface area (Å²) >= 11 is 0. The molecule has 2 rings (SSSR count). The fourth-order valence-electron chi connectivity index (χ4n) is 0.863. The second kappa shape index (κ2) is 1.85. The van der Waals surface area contributed by atoms with E-state index in [9.17, 15) is 10.2 Å². The van der Waals surface area contributed by atoms with Crippen LogP contribution in [0.25, 0.3) is 5.65 Å². The van der Waals surface area contributed by atoms with Gasteiger partial charge >= 0.3 is 0 Å². The molecule has 0 saturated carbocycles. The number of fused-ring (bicyclic) bond motifs is 1. The second-order valence-corrected chi connectivity index (χ2v) is 2.03. The third-order valence-corrected chi connectivity index (χ3v) is 1.30. The van der Waals surface area contributed by atoms with Crippen LogP contribution in [0.2, 0.25) is 0 Å². The smallest absolute Gasteiger partial charge is 0.153 e. The van der Waals surface area contributed by atoms with E-state index in [4.69, 9.17) is 0 Å². The van der Waals surface area contributed by atoms with E-state index >= 15 is 0 Å². The molecule has 0 fully saturated rings. The van der Waals surface area contributed by atoms with E-state index in [1.165, 1.54) is 12.3 Å². The maximum Gasteiger partial charge on any atom is 0.153 e. The quantitative estimate of drug-likeness (QED) is 0.475. The lowest BCUT2D eigenvalue weighted by Crippen LogP contribution is -2.04. The standard InChI is InChI=1S/C6H5N3O2/c10-5-3-6(11)9-4(8-5)1-2-7-9/h1-3,11H,(H,8,10)/p-2. The van der Waals surface area contributed by atoms with E-state index in [-0.39, 0.29) is 0 Å². The maximum atomic E-state index is 10.9. The number of aromatic nitrogens is 3. The highest BCUT2D eigenvalue weighted by molar-refractivity contribution is 5.41. The molecule has 5 nitrogen and oxygen atoms in total. The van der Waals surface area contributed by atoms with Crippen molar-refractivity contribution < 1.29 is 10.2 Å². The summed E-state index contributed by atoms with van der Waals surface area (Å²) in [5.74, 6) is -0.965. The van der Waals surface area contributed by atoms with Crippen LogP contribution in [-0.4, -0.2) is 14.6 Å². The molecule has 2 aromatic heterocycles. The molecule has 0 amide bonds. The second-order valence-electron chi connectivity index (χ2n) is 2.03. The molecule has 2 heterocycles. The first kappa shape index (κ1) is 5.96. The van der Waals surface area contributed by atoms with Gasteiger partial charge in [0, 0.05) is 6.07 Å². The lowest BCUT2D eigenvalue weighted by atomic mass is 10.5. The minimum absolute atomic E-state index is 0.294. The predicted octanol–water partition coefficient (Wildman–Crippen LogP) is -1.12. The van der Waals surface area contributed by atoms with Crippen LogP contribution < -0.4 is 10.2 Å². The minimum Gasteiger partial charge on any atom is -0.859 e. The Balaban J connectivity index is 2.91. The van der Waals surface area contributed by atoms with Crippen LogP contribution >= 0.6 is 0 Å². The Morgan fingerprint density at radius 1 is 1.36 bits per heavy atom. The molecule has 56 valence electrons. The first-order chi connectivity index (χ1) is 5.27. The molecule has 0 aliphatic rings. The van der Waals surface area contributed by atoms with E-state index < -0.39 is 11.8 Å². The van der Waals surface area contributed by atoms with Gasteiger partial charge in [-0.25, -0.2) is 9.50 Å². The van der Waals surface area contributed by atoms with Gasteiger partial charge in [-0.3, -0.25) is 0 Å². The van der Waals surface area contributed by atoms with Gasteiger partial charge in [-0.15, -0.1) is 0 Å². The Labute approximate surface area is 61.5 Å². The Hall–Kier alpha value is -1.78. The van der Waals surface area contributed by atoms with Gasteiger partial charge in [-0.2, -0.15) is 5.10 Å². The van der Waals surface area contributed by atoms with Gasteiger partial charge in [0.15, 0.2) is 5.65 Å². The van der Waals surface area contributed by atoms with Gasteiger partial charge in [0.1, 0.15) is 0 Å².